The van der Waals surface area contributed by atoms with Gasteiger partial charge in [-0.05, 0) is 37.1 Å². The molecule has 106 valence electrons. The first-order chi connectivity index (χ1) is 9.36. The average Bonchev–Trinajstić information content (AvgIpc) is 2.35. The van der Waals surface area contributed by atoms with E-state index < -0.39 is 0 Å². The van der Waals surface area contributed by atoms with E-state index >= 15 is 0 Å². The van der Waals surface area contributed by atoms with Gasteiger partial charge in [-0.1, -0.05) is 29.8 Å². The third kappa shape index (κ3) is 3.28. The minimum atomic E-state index is -0.204. The fourth-order valence-corrected chi connectivity index (χ4v) is 2.09. The minimum absolute atomic E-state index is 0.139. The highest BCUT2D eigenvalue weighted by atomic mass is 79.9. The molecule has 0 amide bonds. The molecular formula is C15H17BrN2O2. The number of aromatic nitrogens is 2. The minimum Gasteiger partial charge on any atom is -0.439 e. The first kappa shape index (κ1) is 14.8. The first-order valence-corrected chi connectivity index (χ1v) is 7.22. The maximum Gasteiger partial charge on any atom is 0.254 e. The van der Waals surface area contributed by atoms with Gasteiger partial charge in [0.15, 0.2) is 0 Å². The van der Waals surface area contributed by atoms with Crippen LogP contribution in [0.2, 0.25) is 0 Å². The van der Waals surface area contributed by atoms with Crippen LogP contribution in [0.25, 0.3) is 0 Å². The molecule has 0 radical (unpaired) electrons. The van der Waals surface area contributed by atoms with Crippen molar-refractivity contribution in [2.75, 3.05) is 0 Å². The fourth-order valence-electron chi connectivity index (χ4n) is 1.86. The Morgan fingerprint density at radius 2 is 1.80 bits per heavy atom. The van der Waals surface area contributed by atoms with Crippen LogP contribution in [0, 0.1) is 13.8 Å². The Labute approximate surface area is 126 Å². The van der Waals surface area contributed by atoms with Crippen molar-refractivity contribution in [3.8, 4) is 11.6 Å². The van der Waals surface area contributed by atoms with Gasteiger partial charge in [0.2, 0.25) is 5.88 Å². The zero-order valence-electron chi connectivity index (χ0n) is 12.0. The van der Waals surface area contributed by atoms with Crippen LogP contribution >= 0.6 is 15.9 Å². The molecule has 1 aromatic carbocycles. The number of aryl methyl sites for hydroxylation is 2. The van der Waals surface area contributed by atoms with E-state index in [9.17, 15) is 4.79 Å². The van der Waals surface area contributed by atoms with Gasteiger partial charge in [0.1, 0.15) is 11.6 Å². The van der Waals surface area contributed by atoms with Crippen molar-refractivity contribution in [1.29, 1.82) is 0 Å². The summed E-state index contributed by atoms with van der Waals surface area (Å²) in [4.78, 5) is 18.6. The molecule has 0 unspecified atom stereocenters. The number of hydrogen-bond acceptors (Lipinski definition) is 3. The van der Waals surface area contributed by atoms with Crippen molar-refractivity contribution in [1.82, 2.24) is 9.97 Å². The number of H-pyrrole nitrogens is 1. The van der Waals surface area contributed by atoms with Gasteiger partial charge in [0, 0.05) is 10.4 Å². The van der Waals surface area contributed by atoms with Gasteiger partial charge in [-0.3, -0.25) is 4.79 Å². The van der Waals surface area contributed by atoms with Crippen molar-refractivity contribution >= 4 is 15.9 Å². The lowest BCUT2D eigenvalue weighted by molar-refractivity contribution is 0.455. The summed E-state index contributed by atoms with van der Waals surface area (Å²) in [5, 5.41) is 0. The third-order valence-electron chi connectivity index (χ3n) is 2.92. The lowest BCUT2D eigenvalue weighted by Gasteiger charge is -2.10. The van der Waals surface area contributed by atoms with Crippen LogP contribution in [-0.2, 0) is 0 Å². The van der Waals surface area contributed by atoms with Gasteiger partial charge < -0.3 is 9.72 Å². The second kappa shape index (κ2) is 5.79. The largest absolute Gasteiger partial charge is 0.439 e. The SMILES string of the molecule is Cc1cc(Oc2cc(=O)[nH]c(C(C)C)n2)cc(C)c1Br. The van der Waals surface area contributed by atoms with E-state index in [0.29, 0.717) is 17.5 Å². The van der Waals surface area contributed by atoms with E-state index in [1.807, 2.05) is 39.8 Å². The zero-order chi connectivity index (χ0) is 14.9. The average molecular weight is 337 g/mol. The summed E-state index contributed by atoms with van der Waals surface area (Å²) in [6.45, 7) is 7.93. The third-order valence-corrected chi connectivity index (χ3v) is 4.17. The number of halogens is 1. The Kier molecular flexibility index (Phi) is 4.28. The molecule has 0 aliphatic rings. The molecule has 0 saturated carbocycles. The molecule has 0 bridgehead atoms. The van der Waals surface area contributed by atoms with Gasteiger partial charge in [0.25, 0.3) is 5.56 Å². The molecule has 5 heteroatoms. The lowest BCUT2D eigenvalue weighted by Crippen LogP contribution is -2.12. The van der Waals surface area contributed by atoms with E-state index in [2.05, 4.69) is 25.9 Å². The van der Waals surface area contributed by atoms with Crippen LogP contribution < -0.4 is 10.3 Å². The highest BCUT2D eigenvalue weighted by molar-refractivity contribution is 9.10. The Morgan fingerprint density at radius 1 is 1.20 bits per heavy atom. The summed E-state index contributed by atoms with van der Waals surface area (Å²) in [6.07, 6.45) is 0. The number of aromatic amines is 1. The Hall–Kier alpha value is -1.62. The molecule has 1 heterocycles. The predicted octanol–water partition coefficient (Wildman–Crippen LogP) is 4.06. The molecule has 2 rings (SSSR count). The van der Waals surface area contributed by atoms with Gasteiger partial charge in [-0.25, -0.2) is 0 Å². The maximum absolute atomic E-state index is 11.6. The smallest absolute Gasteiger partial charge is 0.254 e. The van der Waals surface area contributed by atoms with Crippen LogP contribution in [-0.4, -0.2) is 9.97 Å². The number of rotatable bonds is 3. The summed E-state index contributed by atoms with van der Waals surface area (Å²) in [5.74, 6) is 1.76. The van der Waals surface area contributed by atoms with Crippen molar-refractivity contribution in [2.45, 2.75) is 33.6 Å². The second-order valence-corrected chi connectivity index (χ2v) is 5.89. The summed E-state index contributed by atoms with van der Waals surface area (Å²) in [5.41, 5.74) is 1.95. The molecule has 0 aliphatic heterocycles. The van der Waals surface area contributed by atoms with Crippen LogP contribution in [0.1, 0.15) is 36.7 Å². The number of nitrogens with zero attached hydrogens (tertiary/aromatic N) is 1. The molecule has 2 aromatic rings. The van der Waals surface area contributed by atoms with Gasteiger partial charge in [0.05, 0.1) is 6.07 Å². The summed E-state index contributed by atoms with van der Waals surface area (Å²) in [6, 6.07) is 5.18. The molecular weight excluding hydrogens is 320 g/mol. The summed E-state index contributed by atoms with van der Waals surface area (Å²) < 4.78 is 6.78. The Morgan fingerprint density at radius 3 is 2.35 bits per heavy atom. The number of hydrogen-bond donors (Lipinski definition) is 1. The quantitative estimate of drug-likeness (QED) is 0.919. The standard InChI is InChI=1S/C15H17BrN2O2/c1-8(2)15-17-12(19)7-13(18-15)20-11-5-9(3)14(16)10(4)6-11/h5-8H,1-4H3,(H,17,18,19). The Balaban J connectivity index is 2.37. The lowest BCUT2D eigenvalue weighted by atomic mass is 10.1. The van der Waals surface area contributed by atoms with Crippen LogP contribution in [0.3, 0.4) is 0 Å². The molecule has 0 saturated heterocycles. The second-order valence-electron chi connectivity index (χ2n) is 5.10. The van der Waals surface area contributed by atoms with Gasteiger partial charge in [-0.15, -0.1) is 0 Å². The first-order valence-electron chi connectivity index (χ1n) is 6.42. The van der Waals surface area contributed by atoms with E-state index in [-0.39, 0.29) is 11.5 Å². The molecule has 4 nitrogen and oxygen atoms in total. The topological polar surface area (TPSA) is 55.0 Å². The normalized spacial score (nSPS) is 10.9. The van der Waals surface area contributed by atoms with Crippen LogP contribution in [0.15, 0.2) is 27.5 Å². The molecule has 0 fully saturated rings. The molecule has 0 spiro atoms. The molecule has 0 aliphatic carbocycles. The molecule has 20 heavy (non-hydrogen) atoms. The molecule has 1 N–H and O–H groups in total. The number of benzene rings is 1. The van der Waals surface area contributed by atoms with Crippen molar-refractivity contribution in [2.24, 2.45) is 0 Å². The van der Waals surface area contributed by atoms with Crippen molar-refractivity contribution in [3.63, 3.8) is 0 Å². The van der Waals surface area contributed by atoms with Crippen molar-refractivity contribution < 1.29 is 4.74 Å². The van der Waals surface area contributed by atoms with E-state index in [4.69, 9.17) is 4.74 Å². The van der Waals surface area contributed by atoms with E-state index in [0.717, 1.165) is 15.6 Å². The van der Waals surface area contributed by atoms with Gasteiger partial charge >= 0.3 is 0 Å². The monoisotopic (exact) mass is 336 g/mol. The molecule has 1 aromatic heterocycles. The zero-order valence-corrected chi connectivity index (χ0v) is 13.5. The number of ether oxygens (including phenoxy) is 1. The van der Waals surface area contributed by atoms with Crippen LogP contribution in [0.4, 0.5) is 0 Å². The van der Waals surface area contributed by atoms with Crippen LogP contribution in [0.5, 0.6) is 11.6 Å². The Bertz CT molecular complexity index is 670. The fraction of sp³-hybridized carbons (Fsp3) is 0.333. The predicted molar refractivity (Wildman–Crippen MR) is 82.6 cm³/mol. The highest BCUT2D eigenvalue weighted by Crippen LogP contribution is 2.28. The summed E-state index contributed by atoms with van der Waals surface area (Å²) in [7, 11) is 0. The highest BCUT2D eigenvalue weighted by Gasteiger charge is 2.09. The summed E-state index contributed by atoms with van der Waals surface area (Å²) >= 11 is 3.51. The number of nitrogens with one attached hydrogen (secondary N) is 1. The van der Waals surface area contributed by atoms with E-state index in [1.54, 1.807) is 0 Å². The molecule has 0 atom stereocenters. The maximum atomic E-state index is 11.6. The van der Waals surface area contributed by atoms with Gasteiger partial charge in [-0.2, -0.15) is 4.98 Å². The van der Waals surface area contributed by atoms with Crippen molar-refractivity contribution in [3.05, 3.63) is 50.0 Å². The van der Waals surface area contributed by atoms with E-state index in [1.165, 1.54) is 6.07 Å².